The number of fused-ring (bicyclic) bond motifs is 1. The summed E-state index contributed by atoms with van der Waals surface area (Å²) in [6.07, 6.45) is 1.88. The molecule has 31 heavy (non-hydrogen) atoms. The summed E-state index contributed by atoms with van der Waals surface area (Å²) in [4.78, 5) is 29.5. The topological polar surface area (TPSA) is 116 Å². The summed E-state index contributed by atoms with van der Waals surface area (Å²) in [6, 6.07) is 13.2. The molecule has 8 nitrogen and oxygen atoms in total. The number of hydrogen-bond donors (Lipinski definition) is 2. The Bertz CT molecular complexity index is 1220. The van der Waals surface area contributed by atoms with Gasteiger partial charge in [0, 0.05) is 24.5 Å². The molecule has 158 valence electrons. The second kappa shape index (κ2) is 9.27. The van der Waals surface area contributed by atoms with Crippen LogP contribution in [0.5, 0.6) is 0 Å². The molecule has 0 saturated heterocycles. The molecule has 3 N–H and O–H groups in total. The van der Waals surface area contributed by atoms with E-state index in [-0.39, 0.29) is 12.3 Å². The highest BCUT2D eigenvalue weighted by Crippen LogP contribution is 2.30. The summed E-state index contributed by atoms with van der Waals surface area (Å²) in [5.41, 5.74) is 6.86. The third-order valence-electron chi connectivity index (χ3n) is 4.60. The molecular formula is C21H20N6O2S2. The van der Waals surface area contributed by atoms with Gasteiger partial charge in [-0.3, -0.25) is 14.6 Å². The number of hydrogen-bond acceptors (Lipinski definition) is 7. The lowest BCUT2D eigenvalue weighted by Crippen LogP contribution is -2.23. The van der Waals surface area contributed by atoms with E-state index in [4.69, 9.17) is 5.73 Å². The number of anilines is 1. The fourth-order valence-electron chi connectivity index (χ4n) is 3.05. The predicted octanol–water partition coefficient (Wildman–Crippen LogP) is 3.55. The zero-order valence-corrected chi connectivity index (χ0v) is 18.3. The quantitative estimate of drug-likeness (QED) is 0.395. The van der Waals surface area contributed by atoms with Crippen molar-refractivity contribution in [2.75, 3.05) is 5.32 Å². The van der Waals surface area contributed by atoms with Crippen molar-refractivity contribution in [1.82, 2.24) is 19.7 Å². The first-order chi connectivity index (χ1) is 15.0. The third-order valence-corrected chi connectivity index (χ3v) is 6.54. The molecular weight excluding hydrogens is 432 g/mol. The monoisotopic (exact) mass is 452 g/mol. The standard InChI is InChI=1S/C21H20N6O2S2/c1-13(20(29)24-16-7-2-6-15-14(16)5-3-10-23-15)31-21-26-25-19(17-8-4-12-30-17)27(21)11-9-18(22)28/h2-8,10,12-13H,9,11H2,1H3,(H2,22,28)(H,24,29). The number of nitrogens with one attached hydrogen (secondary N) is 1. The van der Waals surface area contributed by atoms with Gasteiger partial charge in [0.25, 0.3) is 0 Å². The van der Waals surface area contributed by atoms with Gasteiger partial charge in [0.2, 0.25) is 11.8 Å². The van der Waals surface area contributed by atoms with Crippen LogP contribution in [0.15, 0.2) is 59.2 Å². The minimum atomic E-state index is -0.445. The van der Waals surface area contributed by atoms with Crippen molar-refractivity contribution < 1.29 is 9.59 Å². The van der Waals surface area contributed by atoms with Gasteiger partial charge < -0.3 is 15.6 Å². The van der Waals surface area contributed by atoms with Crippen molar-refractivity contribution in [3.05, 3.63) is 54.0 Å². The lowest BCUT2D eigenvalue weighted by molar-refractivity contribution is -0.118. The van der Waals surface area contributed by atoms with Crippen LogP contribution in [0, 0.1) is 0 Å². The second-order valence-corrected chi connectivity index (χ2v) is 9.03. The molecule has 0 radical (unpaired) electrons. The zero-order chi connectivity index (χ0) is 21.8. The van der Waals surface area contributed by atoms with Crippen molar-refractivity contribution in [1.29, 1.82) is 0 Å². The number of nitrogens with zero attached hydrogens (tertiary/aromatic N) is 4. The second-order valence-electron chi connectivity index (χ2n) is 6.78. The maximum Gasteiger partial charge on any atom is 0.237 e. The molecule has 1 atom stereocenters. The highest BCUT2D eigenvalue weighted by molar-refractivity contribution is 8.00. The Kier molecular flexibility index (Phi) is 6.28. The van der Waals surface area contributed by atoms with Crippen LogP contribution in [0.3, 0.4) is 0 Å². The zero-order valence-electron chi connectivity index (χ0n) is 16.7. The summed E-state index contributed by atoms with van der Waals surface area (Å²) in [6.45, 7) is 2.16. The van der Waals surface area contributed by atoms with Crippen molar-refractivity contribution in [3.8, 4) is 10.7 Å². The van der Waals surface area contributed by atoms with Crippen molar-refractivity contribution >= 4 is 51.5 Å². The molecule has 0 fully saturated rings. The fraction of sp³-hybridized carbons (Fsp3) is 0.190. The van der Waals surface area contributed by atoms with Gasteiger partial charge in [-0.2, -0.15) is 0 Å². The van der Waals surface area contributed by atoms with Gasteiger partial charge >= 0.3 is 0 Å². The third kappa shape index (κ3) is 4.75. The van der Waals surface area contributed by atoms with Gasteiger partial charge in [-0.25, -0.2) is 0 Å². The SMILES string of the molecule is CC(Sc1nnc(-c2cccs2)n1CCC(N)=O)C(=O)Nc1cccc2ncccc12. The Morgan fingerprint density at radius 1 is 1.19 bits per heavy atom. The van der Waals surface area contributed by atoms with Crippen molar-refractivity contribution in [2.45, 2.75) is 30.3 Å². The number of nitrogens with two attached hydrogens (primary N) is 1. The summed E-state index contributed by atoms with van der Waals surface area (Å²) in [5.74, 6) is 0.0899. The summed E-state index contributed by atoms with van der Waals surface area (Å²) >= 11 is 2.82. The van der Waals surface area contributed by atoms with Crippen LogP contribution in [0.25, 0.3) is 21.6 Å². The first kappa shape index (κ1) is 21.0. The molecule has 1 unspecified atom stereocenters. The van der Waals surface area contributed by atoms with Crippen LogP contribution < -0.4 is 11.1 Å². The number of benzene rings is 1. The first-order valence-electron chi connectivity index (χ1n) is 9.59. The van der Waals surface area contributed by atoms with Gasteiger partial charge in [-0.1, -0.05) is 23.9 Å². The number of aromatic nitrogens is 4. The highest BCUT2D eigenvalue weighted by atomic mass is 32.2. The Balaban J connectivity index is 1.54. The van der Waals surface area contributed by atoms with E-state index >= 15 is 0 Å². The van der Waals surface area contributed by atoms with Crippen LogP contribution in [-0.4, -0.2) is 36.8 Å². The lowest BCUT2D eigenvalue weighted by atomic mass is 10.2. The molecule has 4 aromatic rings. The summed E-state index contributed by atoms with van der Waals surface area (Å²) < 4.78 is 1.84. The molecule has 2 amide bonds. The Labute approximate surface area is 186 Å². The molecule has 0 aliphatic rings. The number of primary amides is 1. The summed E-state index contributed by atoms with van der Waals surface area (Å²) in [7, 11) is 0. The van der Waals surface area contributed by atoms with Crippen LogP contribution in [0.1, 0.15) is 13.3 Å². The first-order valence-corrected chi connectivity index (χ1v) is 11.4. The van der Waals surface area contributed by atoms with Crippen molar-refractivity contribution in [2.24, 2.45) is 5.73 Å². The minimum Gasteiger partial charge on any atom is -0.370 e. The molecule has 0 saturated carbocycles. The number of carbonyl (C=O) groups excluding carboxylic acids is 2. The molecule has 4 rings (SSSR count). The molecule has 0 bridgehead atoms. The maximum absolute atomic E-state index is 12.9. The Hall–Kier alpha value is -3.24. The van der Waals surface area contributed by atoms with E-state index in [9.17, 15) is 9.59 Å². The van der Waals surface area contributed by atoms with E-state index in [1.807, 2.05) is 52.4 Å². The van der Waals surface area contributed by atoms with E-state index in [0.717, 1.165) is 15.8 Å². The van der Waals surface area contributed by atoms with E-state index in [1.54, 1.807) is 13.1 Å². The molecule has 3 heterocycles. The van der Waals surface area contributed by atoms with E-state index < -0.39 is 11.2 Å². The van der Waals surface area contributed by atoms with Gasteiger partial charge in [0.15, 0.2) is 11.0 Å². The largest absolute Gasteiger partial charge is 0.370 e. The lowest BCUT2D eigenvalue weighted by Gasteiger charge is -2.14. The smallest absolute Gasteiger partial charge is 0.237 e. The number of rotatable bonds is 8. The maximum atomic E-state index is 12.9. The number of pyridine rings is 1. The van der Waals surface area contributed by atoms with Crippen LogP contribution in [0.2, 0.25) is 0 Å². The molecule has 0 aliphatic heterocycles. The van der Waals surface area contributed by atoms with Crippen molar-refractivity contribution in [3.63, 3.8) is 0 Å². The number of thiophene rings is 1. The van der Waals surface area contributed by atoms with Crippen LogP contribution in [0.4, 0.5) is 5.69 Å². The van der Waals surface area contributed by atoms with E-state index in [0.29, 0.717) is 23.2 Å². The normalized spacial score (nSPS) is 12.0. The predicted molar refractivity (Wildman–Crippen MR) is 123 cm³/mol. The number of thioether (sulfide) groups is 1. The molecule has 0 spiro atoms. The highest BCUT2D eigenvalue weighted by Gasteiger charge is 2.22. The average molecular weight is 453 g/mol. The molecule has 1 aromatic carbocycles. The van der Waals surface area contributed by atoms with Crippen LogP contribution in [-0.2, 0) is 16.1 Å². The molecule has 10 heteroatoms. The Morgan fingerprint density at radius 2 is 2.06 bits per heavy atom. The van der Waals surface area contributed by atoms with Gasteiger partial charge in [0.05, 0.1) is 21.3 Å². The molecule has 3 aromatic heterocycles. The number of amides is 2. The Morgan fingerprint density at radius 3 is 2.84 bits per heavy atom. The van der Waals surface area contributed by atoms with Gasteiger partial charge in [-0.05, 0) is 42.6 Å². The minimum absolute atomic E-state index is 0.160. The van der Waals surface area contributed by atoms with E-state index in [1.165, 1.54) is 23.1 Å². The van der Waals surface area contributed by atoms with Gasteiger partial charge in [0.1, 0.15) is 0 Å². The number of carbonyl (C=O) groups is 2. The van der Waals surface area contributed by atoms with E-state index in [2.05, 4.69) is 20.5 Å². The summed E-state index contributed by atoms with van der Waals surface area (Å²) in [5, 5.41) is 14.5. The van der Waals surface area contributed by atoms with Crippen LogP contribution >= 0.6 is 23.1 Å². The van der Waals surface area contributed by atoms with Gasteiger partial charge in [-0.15, -0.1) is 21.5 Å². The fourth-order valence-corrected chi connectivity index (χ4v) is 4.64. The molecule has 0 aliphatic carbocycles. The average Bonchev–Trinajstić information content (AvgIpc) is 3.42.